The number of likely N-dealkylation sites (tertiary alicyclic amines) is 1. The zero-order valence-corrected chi connectivity index (χ0v) is 16.9. The maximum atomic E-state index is 12.6. The van der Waals surface area contributed by atoms with Gasteiger partial charge in [-0.25, -0.2) is 4.79 Å². The number of carbonyl (C=O) groups excluding carboxylic acids is 2. The Kier molecular flexibility index (Phi) is 4.70. The van der Waals surface area contributed by atoms with Crippen molar-refractivity contribution in [3.8, 4) is 6.07 Å². The molecular formula is C21H19N5O6. The number of amides is 2. The first-order valence-electron chi connectivity index (χ1n) is 10.2. The first-order valence-corrected chi connectivity index (χ1v) is 10.2. The maximum Gasteiger partial charge on any atom is 0.410 e. The molecule has 11 nitrogen and oxygen atoms in total. The van der Waals surface area contributed by atoms with E-state index in [2.05, 4.69) is 0 Å². The molecule has 32 heavy (non-hydrogen) atoms. The van der Waals surface area contributed by atoms with Crippen molar-refractivity contribution in [1.82, 2.24) is 9.80 Å². The van der Waals surface area contributed by atoms with E-state index in [4.69, 9.17) is 14.4 Å². The number of anilines is 1. The molecule has 3 atom stereocenters. The monoisotopic (exact) mass is 437 g/mol. The fourth-order valence-electron chi connectivity index (χ4n) is 4.80. The Morgan fingerprint density at radius 3 is 2.81 bits per heavy atom. The van der Waals surface area contributed by atoms with Gasteiger partial charge in [-0.15, -0.1) is 0 Å². The fraction of sp³-hybridized carbons (Fsp3) is 0.381. The number of ether oxygens (including phenoxy) is 1. The molecule has 5 rings (SSSR count). The number of hydrogen-bond acceptors (Lipinski definition) is 8. The summed E-state index contributed by atoms with van der Waals surface area (Å²) in [5.74, 6) is 0.0376. The number of carbonyl (C=O) groups is 2. The highest BCUT2D eigenvalue weighted by atomic mass is 16.6. The van der Waals surface area contributed by atoms with Crippen LogP contribution in [0.15, 0.2) is 41.0 Å². The van der Waals surface area contributed by atoms with E-state index in [1.807, 2.05) is 11.0 Å². The van der Waals surface area contributed by atoms with Crippen molar-refractivity contribution in [1.29, 1.82) is 5.26 Å². The molecule has 3 saturated heterocycles. The van der Waals surface area contributed by atoms with Crippen molar-refractivity contribution < 1.29 is 23.7 Å². The molecule has 2 aromatic rings. The van der Waals surface area contributed by atoms with Crippen molar-refractivity contribution in [2.24, 2.45) is 0 Å². The van der Waals surface area contributed by atoms with Gasteiger partial charge >= 0.3 is 6.09 Å². The SMILES string of the molecule is N#Cc1ccc(N2C[C@@H]3OC(=O)N(C4CCN(C(=O)c5ccco5)C4)[C@@H]3C2)c([N+](=O)[O-])c1. The highest BCUT2D eigenvalue weighted by Gasteiger charge is 2.52. The molecule has 0 radical (unpaired) electrons. The van der Waals surface area contributed by atoms with Crippen LogP contribution in [0, 0.1) is 21.4 Å². The number of nitriles is 1. The molecule has 0 bridgehead atoms. The van der Waals surface area contributed by atoms with Gasteiger partial charge in [0.25, 0.3) is 11.6 Å². The number of fused-ring (bicyclic) bond motifs is 1. The van der Waals surface area contributed by atoms with Crippen LogP contribution in [0.2, 0.25) is 0 Å². The van der Waals surface area contributed by atoms with E-state index < -0.39 is 17.1 Å². The van der Waals surface area contributed by atoms with Crippen molar-refractivity contribution in [3.05, 3.63) is 58.0 Å². The average molecular weight is 437 g/mol. The number of nitro benzene ring substituents is 1. The van der Waals surface area contributed by atoms with Crippen molar-refractivity contribution >= 4 is 23.4 Å². The van der Waals surface area contributed by atoms with Crippen molar-refractivity contribution in [2.75, 3.05) is 31.1 Å². The molecule has 0 spiro atoms. The first kappa shape index (κ1) is 19.9. The molecule has 3 aliphatic rings. The zero-order chi connectivity index (χ0) is 22.4. The lowest BCUT2D eigenvalue weighted by Crippen LogP contribution is -2.46. The van der Waals surface area contributed by atoms with E-state index in [9.17, 15) is 19.7 Å². The maximum absolute atomic E-state index is 12.6. The summed E-state index contributed by atoms with van der Waals surface area (Å²) in [6.45, 7) is 1.55. The predicted octanol–water partition coefficient (Wildman–Crippen LogP) is 1.98. The molecule has 0 N–H and O–H groups in total. The second-order valence-corrected chi connectivity index (χ2v) is 8.05. The van der Waals surface area contributed by atoms with Crippen molar-refractivity contribution in [2.45, 2.75) is 24.6 Å². The Bertz CT molecular complexity index is 1130. The summed E-state index contributed by atoms with van der Waals surface area (Å²) in [5, 5.41) is 20.6. The van der Waals surface area contributed by atoms with Gasteiger partial charge in [-0.2, -0.15) is 5.26 Å². The summed E-state index contributed by atoms with van der Waals surface area (Å²) >= 11 is 0. The van der Waals surface area contributed by atoms with Gasteiger partial charge in [0.05, 0.1) is 41.4 Å². The number of benzene rings is 1. The van der Waals surface area contributed by atoms with Gasteiger partial charge in [0.2, 0.25) is 0 Å². The van der Waals surface area contributed by atoms with E-state index in [1.54, 1.807) is 28.0 Å². The van der Waals surface area contributed by atoms with E-state index in [0.29, 0.717) is 38.3 Å². The van der Waals surface area contributed by atoms with Crippen molar-refractivity contribution in [3.63, 3.8) is 0 Å². The molecule has 0 saturated carbocycles. The first-order chi connectivity index (χ1) is 15.5. The summed E-state index contributed by atoms with van der Waals surface area (Å²) < 4.78 is 10.8. The fourth-order valence-corrected chi connectivity index (χ4v) is 4.80. The summed E-state index contributed by atoms with van der Waals surface area (Å²) in [4.78, 5) is 41.4. The van der Waals surface area contributed by atoms with Gasteiger partial charge in [-0.05, 0) is 30.7 Å². The Labute approximate surface area is 182 Å². The van der Waals surface area contributed by atoms with Crippen LogP contribution in [0.1, 0.15) is 22.5 Å². The topological polar surface area (TPSA) is 133 Å². The number of hydrogen-bond donors (Lipinski definition) is 0. The second kappa shape index (κ2) is 7.56. The summed E-state index contributed by atoms with van der Waals surface area (Å²) in [6, 6.07) is 9.04. The van der Waals surface area contributed by atoms with E-state index in [1.165, 1.54) is 18.4 Å². The molecule has 3 fully saturated rings. The van der Waals surface area contributed by atoms with Crippen LogP contribution >= 0.6 is 0 Å². The molecular weight excluding hydrogens is 418 g/mol. The van der Waals surface area contributed by atoms with Gasteiger partial charge in [0.15, 0.2) is 5.76 Å². The smallest absolute Gasteiger partial charge is 0.410 e. The Morgan fingerprint density at radius 2 is 2.09 bits per heavy atom. The van der Waals surface area contributed by atoms with Crippen LogP contribution in [-0.4, -0.2) is 71.1 Å². The number of rotatable bonds is 4. The van der Waals surface area contributed by atoms with E-state index in [-0.39, 0.29) is 35.0 Å². The number of nitro groups is 1. The van der Waals surface area contributed by atoms with Crippen LogP contribution in [0.4, 0.5) is 16.2 Å². The third kappa shape index (κ3) is 3.20. The molecule has 2 amide bonds. The lowest BCUT2D eigenvalue weighted by atomic mass is 10.1. The Balaban J connectivity index is 1.33. The average Bonchev–Trinajstić information content (AvgIpc) is 3.56. The van der Waals surface area contributed by atoms with Gasteiger partial charge in [-0.3, -0.25) is 19.8 Å². The third-order valence-corrected chi connectivity index (χ3v) is 6.28. The number of furan rings is 1. The van der Waals surface area contributed by atoms with Crippen LogP contribution in [0.25, 0.3) is 0 Å². The minimum atomic E-state index is -0.511. The molecule has 1 unspecified atom stereocenters. The summed E-state index contributed by atoms with van der Waals surface area (Å²) in [7, 11) is 0. The highest BCUT2D eigenvalue weighted by Crippen LogP contribution is 2.37. The standard InChI is InChI=1S/C21H19N5O6/c22-9-13-3-4-15(16(8-13)26(29)30)24-11-17-19(12-24)32-21(28)25(17)14-5-6-23(10-14)20(27)18-2-1-7-31-18/h1-4,7-8,14,17,19H,5-6,10-12H2/t14?,17-,19+/m1/s1. The van der Waals surface area contributed by atoms with Crippen LogP contribution in [0.5, 0.6) is 0 Å². The molecule has 0 aliphatic carbocycles. The molecule has 11 heteroatoms. The van der Waals surface area contributed by atoms with Crippen LogP contribution < -0.4 is 4.90 Å². The summed E-state index contributed by atoms with van der Waals surface area (Å²) in [5.41, 5.74) is 0.443. The molecule has 164 valence electrons. The lowest BCUT2D eigenvalue weighted by Gasteiger charge is -2.28. The molecule has 1 aromatic carbocycles. The third-order valence-electron chi connectivity index (χ3n) is 6.28. The minimum absolute atomic E-state index is 0.155. The molecule has 1 aromatic heterocycles. The molecule has 4 heterocycles. The predicted molar refractivity (Wildman–Crippen MR) is 109 cm³/mol. The number of nitrogens with zero attached hydrogens (tertiary/aromatic N) is 5. The Morgan fingerprint density at radius 1 is 1.25 bits per heavy atom. The second-order valence-electron chi connectivity index (χ2n) is 8.05. The Hall–Kier alpha value is -4.07. The van der Waals surface area contributed by atoms with E-state index in [0.717, 1.165) is 0 Å². The minimum Gasteiger partial charge on any atom is -0.459 e. The van der Waals surface area contributed by atoms with E-state index >= 15 is 0 Å². The van der Waals surface area contributed by atoms with Gasteiger partial charge < -0.3 is 19.0 Å². The lowest BCUT2D eigenvalue weighted by molar-refractivity contribution is -0.384. The summed E-state index contributed by atoms with van der Waals surface area (Å²) in [6.07, 6.45) is 1.21. The van der Waals surface area contributed by atoms with Crippen LogP contribution in [-0.2, 0) is 4.74 Å². The zero-order valence-electron chi connectivity index (χ0n) is 16.9. The molecule has 3 aliphatic heterocycles. The van der Waals surface area contributed by atoms with Crippen LogP contribution in [0.3, 0.4) is 0 Å². The van der Waals surface area contributed by atoms with Gasteiger partial charge in [-0.1, -0.05) is 0 Å². The highest BCUT2D eigenvalue weighted by molar-refractivity contribution is 5.91. The van der Waals surface area contributed by atoms with Gasteiger partial charge in [0, 0.05) is 25.7 Å². The quantitative estimate of drug-likeness (QED) is 0.524. The van der Waals surface area contributed by atoms with Gasteiger partial charge in [0.1, 0.15) is 11.8 Å². The normalized spacial score (nSPS) is 24.4. The largest absolute Gasteiger partial charge is 0.459 e.